The van der Waals surface area contributed by atoms with Gasteiger partial charge < -0.3 is 15.5 Å². The summed E-state index contributed by atoms with van der Waals surface area (Å²) in [5.41, 5.74) is 1.17. The Morgan fingerprint density at radius 1 is 1.29 bits per heavy atom. The van der Waals surface area contributed by atoms with Gasteiger partial charge in [-0.25, -0.2) is 4.98 Å². The van der Waals surface area contributed by atoms with Crippen LogP contribution in [0, 0.1) is 0 Å². The molecule has 5 nitrogen and oxygen atoms in total. The maximum absolute atomic E-state index is 5.79. The average molecular weight is 466 g/mol. The molecule has 1 aliphatic rings. The van der Waals surface area contributed by atoms with Crippen LogP contribution in [0.1, 0.15) is 31.2 Å². The summed E-state index contributed by atoms with van der Waals surface area (Å²) in [5, 5.41) is 7.25. The Morgan fingerprint density at radius 3 is 2.62 bits per heavy atom. The summed E-state index contributed by atoms with van der Waals surface area (Å²) in [6, 6.07) is 4.59. The van der Waals surface area contributed by atoms with Crippen molar-refractivity contribution in [1.82, 2.24) is 20.5 Å². The molecule has 1 aromatic rings. The van der Waals surface area contributed by atoms with E-state index >= 15 is 0 Å². The number of rotatable bonds is 7. The van der Waals surface area contributed by atoms with Crippen LogP contribution in [0.5, 0.6) is 0 Å². The molecule has 136 valence electrons. The highest BCUT2D eigenvalue weighted by atomic mass is 127. The molecule has 0 radical (unpaired) electrons. The quantitative estimate of drug-likeness (QED) is 0.281. The topological polar surface area (TPSA) is 52.6 Å². The molecule has 0 atom stereocenters. The monoisotopic (exact) mass is 465 g/mol. The van der Waals surface area contributed by atoms with Crippen LogP contribution in [0.25, 0.3) is 0 Å². The van der Waals surface area contributed by atoms with Crippen LogP contribution in [-0.2, 0) is 6.42 Å². The van der Waals surface area contributed by atoms with Crippen LogP contribution in [0.3, 0.4) is 0 Å². The molecule has 0 aliphatic heterocycles. The summed E-state index contributed by atoms with van der Waals surface area (Å²) in [6.07, 6.45) is 8.16. The van der Waals surface area contributed by atoms with E-state index in [0.29, 0.717) is 5.15 Å². The third-order valence-electron chi connectivity index (χ3n) is 4.42. The first-order valence-corrected chi connectivity index (χ1v) is 8.82. The molecule has 2 rings (SSSR count). The van der Waals surface area contributed by atoms with E-state index in [1.165, 1.54) is 31.2 Å². The Bertz CT molecular complexity index is 488. The summed E-state index contributed by atoms with van der Waals surface area (Å²) >= 11 is 5.79. The smallest absolute Gasteiger partial charge is 0.191 e. The normalized spacial score (nSPS) is 15.4. The first-order valence-electron chi connectivity index (χ1n) is 8.44. The molecule has 0 aromatic carbocycles. The van der Waals surface area contributed by atoms with E-state index in [4.69, 9.17) is 11.6 Å². The van der Waals surface area contributed by atoms with E-state index in [2.05, 4.69) is 32.6 Å². The van der Waals surface area contributed by atoms with Gasteiger partial charge in [-0.05, 0) is 37.9 Å². The van der Waals surface area contributed by atoms with Gasteiger partial charge in [-0.3, -0.25) is 4.99 Å². The minimum atomic E-state index is 0. The van der Waals surface area contributed by atoms with Gasteiger partial charge in [0.15, 0.2) is 5.96 Å². The molecule has 7 heteroatoms. The fourth-order valence-electron chi connectivity index (χ4n) is 2.98. The summed E-state index contributed by atoms with van der Waals surface area (Å²) in [4.78, 5) is 10.8. The summed E-state index contributed by atoms with van der Waals surface area (Å²) in [6.45, 7) is 2.78. The van der Waals surface area contributed by atoms with Crippen LogP contribution < -0.4 is 10.6 Å². The molecule has 0 spiro atoms. The number of hydrogen-bond acceptors (Lipinski definition) is 3. The number of likely N-dealkylation sites (N-methyl/N-ethyl adjacent to an activating group) is 1. The van der Waals surface area contributed by atoms with E-state index in [1.54, 1.807) is 7.05 Å². The Balaban J connectivity index is 0.00000288. The largest absolute Gasteiger partial charge is 0.356 e. The predicted molar refractivity (Wildman–Crippen MR) is 113 cm³/mol. The van der Waals surface area contributed by atoms with E-state index in [0.717, 1.165) is 38.1 Å². The minimum Gasteiger partial charge on any atom is -0.356 e. The molecule has 0 bridgehead atoms. The molecule has 0 amide bonds. The van der Waals surface area contributed by atoms with Crippen molar-refractivity contribution >= 4 is 41.5 Å². The lowest BCUT2D eigenvalue weighted by atomic mass is 10.2. The predicted octanol–water partition coefficient (Wildman–Crippen LogP) is 2.93. The first-order chi connectivity index (χ1) is 11.2. The number of nitrogens with one attached hydrogen (secondary N) is 2. The van der Waals surface area contributed by atoms with Gasteiger partial charge in [-0.2, -0.15) is 0 Å². The fourth-order valence-corrected chi connectivity index (χ4v) is 3.09. The van der Waals surface area contributed by atoms with Crippen molar-refractivity contribution < 1.29 is 0 Å². The highest BCUT2D eigenvalue weighted by molar-refractivity contribution is 14.0. The van der Waals surface area contributed by atoms with Gasteiger partial charge in [-0.1, -0.05) is 30.5 Å². The zero-order valence-corrected chi connectivity index (χ0v) is 17.7. The van der Waals surface area contributed by atoms with Crippen LogP contribution in [-0.4, -0.2) is 55.6 Å². The third kappa shape index (κ3) is 7.53. The second-order valence-electron chi connectivity index (χ2n) is 6.08. The number of pyridine rings is 1. The maximum atomic E-state index is 5.79. The molecule has 0 saturated heterocycles. The highest BCUT2D eigenvalue weighted by Crippen LogP contribution is 2.21. The average Bonchev–Trinajstić information content (AvgIpc) is 3.09. The SMILES string of the molecule is CN=C(NCCc1ccc(Cl)nc1)NCCN(C)C1CCCC1.I. The molecular weight excluding hydrogens is 437 g/mol. The Labute approximate surface area is 167 Å². The van der Waals surface area contributed by atoms with Gasteiger partial charge in [0.2, 0.25) is 0 Å². The van der Waals surface area contributed by atoms with Crippen LogP contribution in [0.2, 0.25) is 5.15 Å². The number of nitrogens with zero attached hydrogens (tertiary/aromatic N) is 3. The highest BCUT2D eigenvalue weighted by Gasteiger charge is 2.18. The van der Waals surface area contributed by atoms with Crippen molar-refractivity contribution in [3.63, 3.8) is 0 Å². The Kier molecular flexibility index (Phi) is 10.6. The maximum Gasteiger partial charge on any atom is 0.191 e. The molecule has 1 fully saturated rings. The van der Waals surface area contributed by atoms with Gasteiger partial charge in [0.05, 0.1) is 0 Å². The minimum absolute atomic E-state index is 0. The van der Waals surface area contributed by atoms with Gasteiger partial charge in [0.1, 0.15) is 5.15 Å². The van der Waals surface area contributed by atoms with Crippen molar-refractivity contribution in [2.45, 2.75) is 38.1 Å². The summed E-state index contributed by atoms with van der Waals surface area (Å²) in [7, 11) is 4.03. The standard InChI is InChI=1S/C17H28ClN5.HI/c1-19-17(20-10-9-14-7-8-16(18)22-13-14)21-11-12-23(2)15-5-3-4-6-15;/h7-8,13,15H,3-6,9-12H2,1-2H3,(H2,19,20,21);1H. The van der Waals surface area contributed by atoms with Crippen molar-refractivity contribution in [3.8, 4) is 0 Å². The summed E-state index contributed by atoms with van der Waals surface area (Å²) in [5.74, 6) is 0.853. The van der Waals surface area contributed by atoms with Crippen molar-refractivity contribution in [1.29, 1.82) is 0 Å². The molecule has 1 aromatic heterocycles. The molecule has 2 N–H and O–H groups in total. The zero-order valence-electron chi connectivity index (χ0n) is 14.6. The van der Waals surface area contributed by atoms with Crippen molar-refractivity contribution in [2.24, 2.45) is 4.99 Å². The second kappa shape index (κ2) is 11.9. The lowest BCUT2D eigenvalue weighted by Gasteiger charge is -2.24. The lowest BCUT2D eigenvalue weighted by Crippen LogP contribution is -2.43. The molecule has 1 saturated carbocycles. The van der Waals surface area contributed by atoms with E-state index < -0.39 is 0 Å². The Morgan fingerprint density at radius 2 is 2.00 bits per heavy atom. The van der Waals surface area contributed by atoms with E-state index in [-0.39, 0.29) is 24.0 Å². The second-order valence-corrected chi connectivity index (χ2v) is 6.47. The van der Waals surface area contributed by atoms with Crippen molar-refractivity contribution in [2.75, 3.05) is 33.7 Å². The summed E-state index contributed by atoms with van der Waals surface area (Å²) < 4.78 is 0. The van der Waals surface area contributed by atoms with Crippen LogP contribution >= 0.6 is 35.6 Å². The van der Waals surface area contributed by atoms with E-state index in [9.17, 15) is 0 Å². The van der Waals surface area contributed by atoms with Crippen LogP contribution in [0.15, 0.2) is 23.3 Å². The van der Waals surface area contributed by atoms with Gasteiger partial charge >= 0.3 is 0 Å². The van der Waals surface area contributed by atoms with Crippen LogP contribution in [0.4, 0.5) is 0 Å². The number of halogens is 2. The number of aliphatic imine (C=N–C) groups is 1. The van der Waals surface area contributed by atoms with Crippen molar-refractivity contribution in [3.05, 3.63) is 29.0 Å². The lowest BCUT2D eigenvalue weighted by molar-refractivity contribution is 0.249. The molecular formula is C17H29ClIN5. The number of hydrogen-bond donors (Lipinski definition) is 2. The molecule has 1 heterocycles. The molecule has 0 unspecified atom stereocenters. The van der Waals surface area contributed by atoms with Gasteiger partial charge in [0.25, 0.3) is 0 Å². The number of guanidine groups is 1. The number of aromatic nitrogens is 1. The fraction of sp³-hybridized carbons (Fsp3) is 0.647. The molecule has 1 aliphatic carbocycles. The first kappa shape index (κ1) is 21.4. The third-order valence-corrected chi connectivity index (χ3v) is 4.65. The Hall–Kier alpha value is -0.600. The van der Waals surface area contributed by atoms with Gasteiger partial charge in [0, 0.05) is 38.9 Å². The van der Waals surface area contributed by atoms with Gasteiger partial charge in [-0.15, -0.1) is 24.0 Å². The molecule has 24 heavy (non-hydrogen) atoms. The zero-order chi connectivity index (χ0) is 16.5. The van der Waals surface area contributed by atoms with E-state index in [1.807, 2.05) is 18.3 Å².